The second kappa shape index (κ2) is 6.62. The van der Waals surface area contributed by atoms with Crippen LogP contribution in [0.3, 0.4) is 0 Å². The fourth-order valence-corrected chi connectivity index (χ4v) is 2.75. The van der Waals surface area contributed by atoms with Gasteiger partial charge >= 0.3 is 5.97 Å². The Kier molecular flexibility index (Phi) is 5.05. The fraction of sp³-hybridized carbons (Fsp3) is 0.286. The van der Waals surface area contributed by atoms with Gasteiger partial charge in [0.2, 0.25) is 0 Å². The third-order valence-corrected chi connectivity index (χ3v) is 4.96. The first-order chi connectivity index (χ1) is 9.95. The Labute approximate surface area is 139 Å². The van der Waals surface area contributed by atoms with Crippen molar-refractivity contribution in [3.8, 4) is 0 Å². The van der Waals surface area contributed by atoms with Gasteiger partial charge in [0, 0.05) is 12.2 Å². The SMILES string of the molecule is CCn1nc(C)c(Br)c1COC(=O)c1cccc(N)c1Br. The quantitative estimate of drug-likeness (QED) is 0.609. The van der Waals surface area contributed by atoms with Gasteiger partial charge in [-0.1, -0.05) is 6.07 Å². The van der Waals surface area contributed by atoms with Crippen LogP contribution in [-0.2, 0) is 17.9 Å². The summed E-state index contributed by atoms with van der Waals surface area (Å²) in [5, 5.41) is 4.36. The van der Waals surface area contributed by atoms with Crippen molar-refractivity contribution in [3.63, 3.8) is 0 Å². The van der Waals surface area contributed by atoms with Crippen LogP contribution in [0.5, 0.6) is 0 Å². The maximum atomic E-state index is 12.2. The summed E-state index contributed by atoms with van der Waals surface area (Å²) in [4.78, 5) is 12.2. The molecule has 0 spiro atoms. The van der Waals surface area contributed by atoms with Gasteiger partial charge in [-0.25, -0.2) is 4.79 Å². The number of esters is 1. The average molecular weight is 417 g/mol. The molecule has 0 fully saturated rings. The van der Waals surface area contributed by atoms with Gasteiger partial charge in [-0.15, -0.1) is 0 Å². The standard InChI is InChI=1S/C14H15Br2N3O2/c1-3-19-11(12(15)8(2)18-19)7-21-14(20)9-5-4-6-10(17)13(9)16/h4-6H,3,7,17H2,1-2H3. The van der Waals surface area contributed by atoms with Crippen LogP contribution in [-0.4, -0.2) is 15.7 Å². The number of hydrogen-bond donors (Lipinski definition) is 1. The third-order valence-electron chi connectivity index (χ3n) is 3.04. The van der Waals surface area contributed by atoms with E-state index in [9.17, 15) is 4.79 Å². The maximum absolute atomic E-state index is 12.2. The molecule has 0 atom stereocenters. The van der Waals surface area contributed by atoms with E-state index in [2.05, 4.69) is 37.0 Å². The molecule has 0 aliphatic heterocycles. The minimum atomic E-state index is -0.428. The second-order valence-corrected chi connectivity index (χ2v) is 6.03. The van der Waals surface area contributed by atoms with Gasteiger partial charge in [0.25, 0.3) is 0 Å². The van der Waals surface area contributed by atoms with Gasteiger partial charge in [-0.2, -0.15) is 5.10 Å². The molecule has 0 unspecified atom stereocenters. The lowest BCUT2D eigenvalue weighted by Gasteiger charge is -2.09. The van der Waals surface area contributed by atoms with Gasteiger partial charge in [0.15, 0.2) is 0 Å². The molecule has 0 amide bonds. The zero-order chi connectivity index (χ0) is 15.6. The molecule has 1 aromatic carbocycles. The van der Waals surface area contributed by atoms with Crippen molar-refractivity contribution < 1.29 is 9.53 Å². The molecule has 2 rings (SSSR count). The van der Waals surface area contributed by atoms with Crippen LogP contribution in [0.4, 0.5) is 5.69 Å². The van der Waals surface area contributed by atoms with Crippen LogP contribution in [0.15, 0.2) is 27.1 Å². The number of carbonyl (C=O) groups is 1. The summed E-state index contributed by atoms with van der Waals surface area (Å²) in [7, 11) is 0. The Morgan fingerprint density at radius 2 is 2.10 bits per heavy atom. The number of aromatic nitrogens is 2. The predicted octanol–water partition coefficient (Wildman–Crippen LogP) is 3.68. The van der Waals surface area contributed by atoms with Crippen molar-refractivity contribution in [2.24, 2.45) is 0 Å². The normalized spacial score (nSPS) is 10.7. The maximum Gasteiger partial charge on any atom is 0.339 e. The monoisotopic (exact) mass is 415 g/mol. The number of hydrogen-bond acceptors (Lipinski definition) is 4. The molecule has 0 saturated heterocycles. The van der Waals surface area contributed by atoms with E-state index in [0.29, 0.717) is 22.3 Å². The predicted molar refractivity (Wildman–Crippen MR) is 88.0 cm³/mol. The number of aryl methyl sites for hydroxylation is 2. The van der Waals surface area contributed by atoms with Gasteiger partial charge in [0.05, 0.1) is 25.9 Å². The zero-order valence-electron chi connectivity index (χ0n) is 11.7. The summed E-state index contributed by atoms with van der Waals surface area (Å²) in [6, 6.07) is 5.10. The molecule has 0 radical (unpaired) electrons. The molecule has 0 aliphatic carbocycles. The number of ether oxygens (including phenoxy) is 1. The van der Waals surface area contributed by atoms with Crippen LogP contribution in [0, 0.1) is 6.92 Å². The lowest BCUT2D eigenvalue weighted by atomic mass is 10.2. The van der Waals surface area contributed by atoms with Crippen molar-refractivity contribution in [1.82, 2.24) is 9.78 Å². The molecular formula is C14H15Br2N3O2. The van der Waals surface area contributed by atoms with E-state index in [-0.39, 0.29) is 6.61 Å². The van der Waals surface area contributed by atoms with Crippen LogP contribution in [0.1, 0.15) is 28.7 Å². The highest BCUT2D eigenvalue weighted by Gasteiger charge is 2.17. The van der Waals surface area contributed by atoms with Crippen LogP contribution >= 0.6 is 31.9 Å². The largest absolute Gasteiger partial charge is 0.456 e. The molecule has 2 N–H and O–H groups in total. The number of benzene rings is 1. The van der Waals surface area contributed by atoms with E-state index in [1.54, 1.807) is 22.9 Å². The minimum absolute atomic E-state index is 0.148. The first kappa shape index (κ1) is 16.0. The van der Waals surface area contributed by atoms with E-state index in [4.69, 9.17) is 10.5 Å². The second-order valence-electron chi connectivity index (χ2n) is 4.45. The summed E-state index contributed by atoms with van der Waals surface area (Å²) < 4.78 is 8.59. The molecule has 0 bridgehead atoms. The first-order valence-corrected chi connectivity index (χ1v) is 7.97. The topological polar surface area (TPSA) is 70.1 Å². The summed E-state index contributed by atoms with van der Waals surface area (Å²) >= 11 is 6.77. The summed E-state index contributed by atoms with van der Waals surface area (Å²) in [6.45, 7) is 4.74. The van der Waals surface area contributed by atoms with E-state index in [1.807, 2.05) is 13.8 Å². The number of rotatable bonds is 4. The van der Waals surface area contributed by atoms with Gasteiger partial charge in [-0.3, -0.25) is 4.68 Å². The summed E-state index contributed by atoms with van der Waals surface area (Å²) in [5.74, 6) is -0.428. The molecule has 112 valence electrons. The van der Waals surface area contributed by atoms with Crippen molar-refractivity contribution in [3.05, 3.63) is 44.1 Å². The first-order valence-electron chi connectivity index (χ1n) is 6.38. The van der Waals surface area contributed by atoms with Crippen LogP contribution in [0.2, 0.25) is 0 Å². The number of anilines is 1. The zero-order valence-corrected chi connectivity index (χ0v) is 14.9. The number of nitrogens with two attached hydrogens (primary N) is 1. The Morgan fingerprint density at radius 3 is 2.76 bits per heavy atom. The summed E-state index contributed by atoms with van der Waals surface area (Å²) in [6.07, 6.45) is 0. The lowest BCUT2D eigenvalue weighted by Crippen LogP contribution is -2.10. The number of nitrogen functional groups attached to an aromatic ring is 1. The number of halogens is 2. The highest BCUT2D eigenvalue weighted by molar-refractivity contribution is 9.11. The Balaban J connectivity index is 2.17. The van der Waals surface area contributed by atoms with Crippen LogP contribution in [0.25, 0.3) is 0 Å². The molecule has 7 heteroatoms. The minimum Gasteiger partial charge on any atom is -0.456 e. The van der Waals surface area contributed by atoms with Gasteiger partial charge < -0.3 is 10.5 Å². The highest BCUT2D eigenvalue weighted by Crippen LogP contribution is 2.26. The van der Waals surface area contributed by atoms with E-state index in [1.165, 1.54) is 0 Å². The van der Waals surface area contributed by atoms with Gasteiger partial charge in [0.1, 0.15) is 6.61 Å². The molecule has 1 heterocycles. The van der Waals surface area contributed by atoms with Gasteiger partial charge in [-0.05, 0) is 57.8 Å². The molecule has 21 heavy (non-hydrogen) atoms. The molecular weight excluding hydrogens is 402 g/mol. The average Bonchev–Trinajstić information content (AvgIpc) is 2.74. The van der Waals surface area contributed by atoms with Crippen molar-refractivity contribution in [1.29, 1.82) is 0 Å². The smallest absolute Gasteiger partial charge is 0.339 e. The third kappa shape index (κ3) is 3.29. The number of nitrogens with zero attached hydrogens (tertiary/aromatic N) is 2. The fourth-order valence-electron chi connectivity index (χ4n) is 1.93. The Hall–Kier alpha value is -1.34. The Bertz CT molecular complexity index is 683. The van der Waals surface area contributed by atoms with Crippen LogP contribution < -0.4 is 5.73 Å². The molecule has 2 aromatic rings. The van der Waals surface area contributed by atoms with E-state index >= 15 is 0 Å². The molecule has 1 aromatic heterocycles. The van der Waals surface area contributed by atoms with Crippen molar-refractivity contribution >= 4 is 43.5 Å². The van der Waals surface area contributed by atoms with E-state index < -0.39 is 5.97 Å². The highest BCUT2D eigenvalue weighted by atomic mass is 79.9. The number of carbonyl (C=O) groups excluding carboxylic acids is 1. The van der Waals surface area contributed by atoms with Crippen molar-refractivity contribution in [2.75, 3.05) is 5.73 Å². The molecule has 5 nitrogen and oxygen atoms in total. The summed E-state index contributed by atoms with van der Waals surface area (Å²) in [5.41, 5.74) is 8.38. The van der Waals surface area contributed by atoms with E-state index in [0.717, 1.165) is 15.9 Å². The molecule has 0 aliphatic rings. The Morgan fingerprint density at radius 1 is 1.38 bits per heavy atom. The molecule has 0 saturated carbocycles. The van der Waals surface area contributed by atoms with Crippen molar-refractivity contribution in [2.45, 2.75) is 27.0 Å². The lowest BCUT2D eigenvalue weighted by molar-refractivity contribution is 0.0460.